The van der Waals surface area contributed by atoms with Gasteiger partial charge in [-0.2, -0.15) is 0 Å². The van der Waals surface area contributed by atoms with E-state index in [0.29, 0.717) is 29.9 Å². The fourth-order valence-electron chi connectivity index (χ4n) is 6.71. The number of ether oxygens (including phenoxy) is 1. The molecule has 5 nitrogen and oxygen atoms in total. The summed E-state index contributed by atoms with van der Waals surface area (Å²) in [5.41, 5.74) is 2.49. The first kappa shape index (κ1) is 21.4. The zero-order valence-corrected chi connectivity index (χ0v) is 19.2. The van der Waals surface area contributed by atoms with Crippen LogP contribution in [0.3, 0.4) is 0 Å². The second-order valence-corrected chi connectivity index (χ2v) is 10.2. The lowest BCUT2D eigenvalue weighted by atomic mass is 9.52. The fourth-order valence-corrected chi connectivity index (χ4v) is 6.71. The second-order valence-electron chi connectivity index (χ2n) is 10.2. The molecule has 4 saturated carbocycles. The van der Waals surface area contributed by atoms with Gasteiger partial charge in [-0.15, -0.1) is 0 Å². The van der Waals surface area contributed by atoms with Crippen LogP contribution in [0.2, 0.25) is 0 Å². The Bertz CT molecular complexity index is 940. The molecular formula is C27H34N2O3. The number of aryl methyl sites for hydroxylation is 1. The number of amides is 1. The van der Waals surface area contributed by atoms with Crippen molar-refractivity contribution < 1.29 is 14.6 Å². The third-order valence-corrected chi connectivity index (χ3v) is 7.98. The van der Waals surface area contributed by atoms with Crippen LogP contribution < -0.4 is 4.74 Å². The van der Waals surface area contributed by atoms with Gasteiger partial charge in [0.1, 0.15) is 5.75 Å². The van der Waals surface area contributed by atoms with Crippen LogP contribution in [-0.2, 0) is 12.8 Å². The Morgan fingerprint density at radius 2 is 1.84 bits per heavy atom. The number of nitrogens with zero attached hydrogens (tertiary/aromatic N) is 2. The molecule has 1 amide bonds. The van der Waals surface area contributed by atoms with Gasteiger partial charge in [0.25, 0.3) is 5.91 Å². The summed E-state index contributed by atoms with van der Waals surface area (Å²) < 4.78 is 5.87. The smallest absolute Gasteiger partial charge is 0.253 e. The molecule has 1 N–H and O–H groups in total. The Morgan fingerprint density at radius 1 is 1.12 bits per heavy atom. The highest BCUT2D eigenvalue weighted by atomic mass is 16.5. The highest BCUT2D eigenvalue weighted by Gasteiger charge is 2.56. The van der Waals surface area contributed by atoms with Crippen LogP contribution in [-0.4, -0.2) is 46.2 Å². The van der Waals surface area contributed by atoms with Gasteiger partial charge >= 0.3 is 0 Å². The largest absolute Gasteiger partial charge is 0.493 e. The van der Waals surface area contributed by atoms with E-state index in [9.17, 15) is 9.90 Å². The van der Waals surface area contributed by atoms with Crippen molar-refractivity contribution in [2.45, 2.75) is 63.5 Å². The maximum Gasteiger partial charge on any atom is 0.253 e. The molecule has 4 fully saturated rings. The number of aromatic nitrogens is 1. The zero-order chi connectivity index (χ0) is 22.3. The Morgan fingerprint density at radius 3 is 2.44 bits per heavy atom. The topological polar surface area (TPSA) is 62.7 Å². The van der Waals surface area contributed by atoms with E-state index < -0.39 is 5.60 Å². The van der Waals surface area contributed by atoms with Crippen molar-refractivity contribution in [3.63, 3.8) is 0 Å². The molecule has 4 bridgehead atoms. The SMILES string of the molecule is CCc1ccc(CCOc2ccc(C(=O)N(C)C3C4CC5CC3CC(O)(C5)C4)cc2)nc1. The predicted molar refractivity (Wildman–Crippen MR) is 124 cm³/mol. The third-order valence-electron chi connectivity index (χ3n) is 7.98. The maximum atomic E-state index is 13.2. The first-order valence-corrected chi connectivity index (χ1v) is 12.1. The van der Waals surface area contributed by atoms with Crippen LogP contribution in [0.1, 0.15) is 60.6 Å². The maximum absolute atomic E-state index is 13.2. The van der Waals surface area contributed by atoms with E-state index in [1.54, 1.807) is 0 Å². The van der Waals surface area contributed by atoms with Gasteiger partial charge in [0.15, 0.2) is 0 Å². The average molecular weight is 435 g/mol. The Labute approximate surface area is 190 Å². The van der Waals surface area contributed by atoms with Crippen molar-refractivity contribution in [1.29, 1.82) is 0 Å². The second kappa shape index (κ2) is 8.51. The van der Waals surface area contributed by atoms with Gasteiger partial charge in [-0.1, -0.05) is 13.0 Å². The van der Waals surface area contributed by atoms with Crippen LogP contribution in [0.4, 0.5) is 0 Å². The quantitative estimate of drug-likeness (QED) is 0.707. The molecule has 1 heterocycles. The highest BCUT2D eigenvalue weighted by Crippen LogP contribution is 2.56. The summed E-state index contributed by atoms with van der Waals surface area (Å²) >= 11 is 0. The van der Waals surface area contributed by atoms with Gasteiger partial charge in [-0.05, 0) is 92.2 Å². The summed E-state index contributed by atoms with van der Waals surface area (Å²) in [7, 11) is 1.94. The van der Waals surface area contributed by atoms with E-state index in [0.717, 1.165) is 56.4 Å². The molecule has 4 aliphatic carbocycles. The normalized spacial score (nSPS) is 30.3. The lowest BCUT2D eigenvalue weighted by Gasteiger charge is -2.59. The van der Waals surface area contributed by atoms with Crippen molar-refractivity contribution in [2.75, 3.05) is 13.7 Å². The molecule has 1 aromatic heterocycles. The van der Waals surface area contributed by atoms with E-state index in [2.05, 4.69) is 24.0 Å². The van der Waals surface area contributed by atoms with Gasteiger partial charge in [-0.3, -0.25) is 9.78 Å². The minimum absolute atomic E-state index is 0.0706. The summed E-state index contributed by atoms with van der Waals surface area (Å²) in [4.78, 5) is 19.7. The summed E-state index contributed by atoms with van der Waals surface area (Å²) in [5.74, 6) is 2.35. The minimum atomic E-state index is -0.469. The van der Waals surface area contributed by atoms with E-state index in [4.69, 9.17) is 4.74 Å². The standard InChI is InChI=1S/C27H34N2O3/c1-3-18-4-7-23(28-17-18)10-11-32-24-8-5-20(6-9-24)26(30)29(2)25-21-12-19-13-22(25)16-27(31,14-19)15-21/h4-9,17,19,21-22,25,31H,3,10-16H2,1-2H3. The molecule has 2 atom stereocenters. The van der Waals surface area contributed by atoms with E-state index >= 15 is 0 Å². The number of benzene rings is 1. The molecule has 6 rings (SSSR count). The minimum Gasteiger partial charge on any atom is -0.493 e. The monoisotopic (exact) mass is 434 g/mol. The number of hydrogen-bond acceptors (Lipinski definition) is 4. The summed E-state index contributed by atoms with van der Waals surface area (Å²) in [5, 5.41) is 10.8. The van der Waals surface area contributed by atoms with E-state index in [1.165, 1.54) is 5.56 Å². The van der Waals surface area contributed by atoms with Crippen molar-refractivity contribution in [3.8, 4) is 5.75 Å². The summed E-state index contributed by atoms with van der Waals surface area (Å²) in [6.07, 6.45) is 8.66. The molecule has 0 spiro atoms. The number of carbonyl (C=O) groups excluding carboxylic acids is 1. The number of carbonyl (C=O) groups is 1. The molecule has 32 heavy (non-hydrogen) atoms. The Kier molecular flexibility index (Phi) is 5.70. The number of rotatable bonds is 7. The lowest BCUT2D eigenvalue weighted by molar-refractivity contribution is -0.152. The van der Waals surface area contributed by atoms with Gasteiger partial charge in [0.05, 0.1) is 12.2 Å². The summed E-state index contributed by atoms with van der Waals surface area (Å²) in [6, 6.07) is 11.9. The molecule has 1 aromatic carbocycles. The molecular weight excluding hydrogens is 400 g/mol. The predicted octanol–water partition coefficient (Wildman–Crippen LogP) is 4.28. The average Bonchev–Trinajstić information content (AvgIpc) is 2.78. The van der Waals surface area contributed by atoms with Crippen LogP contribution in [0, 0.1) is 17.8 Å². The van der Waals surface area contributed by atoms with Crippen LogP contribution in [0.5, 0.6) is 5.75 Å². The van der Waals surface area contributed by atoms with Gasteiger partial charge in [0, 0.05) is 37.0 Å². The first-order valence-electron chi connectivity index (χ1n) is 12.1. The van der Waals surface area contributed by atoms with Gasteiger partial charge in [0.2, 0.25) is 0 Å². The molecule has 0 saturated heterocycles. The zero-order valence-electron chi connectivity index (χ0n) is 19.2. The van der Waals surface area contributed by atoms with Crippen LogP contribution >= 0.6 is 0 Å². The number of hydrogen-bond donors (Lipinski definition) is 1. The highest BCUT2D eigenvalue weighted by molar-refractivity contribution is 5.94. The van der Waals surface area contributed by atoms with Gasteiger partial charge < -0.3 is 14.7 Å². The molecule has 4 aliphatic rings. The van der Waals surface area contributed by atoms with Crippen LogP contribution in [0.25, 0.3) is 0 Å². The number of aliphatic hydroxyl groups is 1. The molecule has 2 aromatic rings. The van der Waals surface area contributed by atoms with Crippen molar-refractivity contribution in [2.24, 2.45) is 17.8 Å². The third kappa shape index (κ3) is 4.15. The molecule has 0 radical (unpaired) electrons. The van der Waals surface area contributed by atoms with Crippen molar-refractivity contribution >= 4 is 5.91 Å². The van der Waals surface area contributed by atoms with E-state index in [-0.39, 0.29) is 11.9 Å². The van der Waals surface area contributed by atoms with Crippen molar-refractivity contribution in [3.05, 3.63) is 59.4 Å². The lowest BCUT2D eigenvalue weighted by Crippen LogP contribution is -2.61. The first-order chi connectivity index (χ1) is 15.4. The Balaban J connectivity index is 1.17. The molecule has 5 heteroatoms. The molecule has 170 valence electrons. The number of pyridine rings is 1. The van der Waals surface area contributed by atoms with Crippen LogP contribution in [0.15, 0.2) is 42.6 Å². The van der Waals surface area contributed by atoms with Crippen molar-refractivity contribution in [1.82, 2.24) is 9.88 Å². The fraction of sp³-hybridized carbons (Fsp3) is 0.556. The Hall–Kier alpha value is -2.40. The summed E-state index contributed by atoms with van der Waals surface area (Å²) in [6.45, 7) is 2.68. The van der Waals surface area contributed by atoms with E-state index in [1.807, 2.05) is 42.4 Å². The van der Waals surface area contributed by atoms with Gasteiger partial charge in [-0.25, -0.2) is 0 Å². The molecule has 0 aliphatic heterocycles. The molecule has 2 unspecified atom stereocenters.